The first-order valence-corrected chi connectivity index (χ1v) is 9.52. The van der Waals surface area contributed by atoms with Gasteiger partial charge in [0.2, 0.25) is 5.91 Å². The lowest BCUT2D eigenvalue weighted by Gasteiger charge is -2.23. The topological polar surface area (TPSA) is 94.3 Å². The first kappa shape index (κ1) is 22.0. The number of nitriles is 1. The van der Waals surface area contributed by atoms with E-state index in [1.165, 1.54) is 4.90 Å². The van der Waals surface area contributed by atoms with E-state index in [1.54, 1.807) is 26.8 Å². The number of nitrogens with zero attached hydrogens (tertiary/aromatic N) is 3. The summed E-state index contributed by atoms with van der Waals surface area (Å²) in [5.41, 5.74) is -2.27. The Morgan fingerprint density at radius 1 is 1.39 bits per heavy atom. The van der Waals surface area contributed by atoms with Crippen LogP contribution in [0.2, 0.25) is 0 Å². The van der Waals surface area contributed by atoms with E-state index in [-0.39, 0.29) is 23.0 Å². The van der Waals surface area contributed by atoms with Crippen molar-refractivity contribution in [3.8, 4) is 6.07 Å². The molecule has 10 heteroatoms. The Kier molecular flexibility index (Phi) is 6.28. The van der Waals surface area contributed by atoms with Gasteiger partial charge in [-0.3, -0.25) is 4.79 Å². The third kappa shape index (κ3) is 4.76. The van der Waals surface area contributed by atoms with Gasteiger partial charge in [-0.05, 0) is 18.9 Å². The second-order valence-corrected chi connectivity index (χ2v) is 8.43. The number of amides is 1. The molecule has 2 rings (SSSR count). The normalized spacial score (nSPS) is 17.5. The van der Waals surface area contributed by atoms with Crippen LogP contribution in [0.4, 0.5) is 13.2 Å². The maximum atomic E-state index is 13.4. The molecule has 152 valence electrons. The molecule has 0 aliphatic carbocycles. The van der Waals surface area contributed by atoms with Gasteiger partial charge in [0.15, 0.2) is 0 Å². The third-order valence-corrected chi connectivity index (χ3v) is 5.32. The monoisotopic (exact) mass is 415 g/mol. The number of pyridine rings is 1. The van der Waals surface area contributed by atoms with Gasteiger partial charge in [0.25, 0.3) is 0 Å². The minimum Gasteiger partial charge on any atom is -0.480 e. The van der Waals surface area contributed by atoms with Gasteiger partial charge in [-0.1, -0.05) is 32.5 Å². The van der Waals surface area contributed by atoms with E-state index < -0.39 is 40.6 Å². The van der Waals surface area contributed by atoms with Gasteiger partial charge >= 0.3 is 12.1 Å². The van der Waals surface area contributed by atoms with E-state index >= 15 is 0 Å². The lowest BCUT2D eigenvalue weighted by Crippen LogP contribution is -2.41. The number of likely N-dealkylation sites (tertiary alicyclic amines) is 1. The predicted molar refractivity (Wildman–Crippen MR) is 95.7 cm³/mol. The SMILES string of the molecule is CC(C)(C)c1cc(C(F)(F)F)c(C#N)c(SCC(=O)N2CCCC2C(=O)O)n1. The molecule has 1 aromatic rings. The molecule has 1 atom stereocenters. The highest BCUT2D eigenvalue weighted by Gasteiger charge is 2.38. The highest BCUT2D eigenvalue weighted by Crippen LogP contribution is 2.38. The molecule has 0 aromatic carbocycles. The molecule has 6 nitrogen and oxygen atoms in total. The summed E-state index contributed by atoms with van der Waals surface area (Å²) in [7, 11) is 0. The Balaban J connectivity index is 2.35. The number of hydrogen-bond acceptors (Lipinski definition) is 5. The van der Waals surface area contributed by atoms with Crippen molar-refractivity contribution < 1.29 is 27.9 Å². The second kappa shape index (κ2) is 7.99. The van der Waals surface area contributed by atoms with Crippen LogP contribution in [0.3, 0.4) is 0 Å². The summed E-state index contributed by atoms with van der Waals surface area (Å²) in [6.45, 7) is 5.37. The van der Waals surface area contributed by atoms with Crippen molar-refractivity contribution in [1.29, 1.82) is 5.26 Å². The van der Waals surface area contributed by atoms with Crippen molar-refractivity contribution in [3.05, 3.63) is 22.9 Å². The third-order valence-electron chi connectivity index (χ3n) is 4.36. The Bertz CT molecular complexity index is 828. The molecule has 1 fully saturated rings. The molecule has 1 saturated heterocycles. The van der Waals surface area contributed by atoms with Crippen LogP contribution in [-0.4, -0.2) is 45.2 Å². The molecule has 2 heterocycles. The maximum Gasteiger partial charge on any atom is 0.417 e. The predicted octanol–water partition coefficient (Wildman–Crippen LogP) is 3.44. The van der Waals surface area contributed by atoms with E-state index in [0.29, 0.717) is 12.8 Å². The van der Waals surface area contributed by atoms with Crippen LogP contribution in [0.25, 0.3) is 0 Å². The van der Waals surface area contributed by atoms with Gasteiger partial charge < -0.3 is 10.0 Å². The van der Waals surface area contributed by atoms with Crippen molar-refractivity contribution >= 4 is 23.6 Å². The van der Waals surface area contributed by atoms with Crippen LogP contribution in [-0.2, 0) is 21.2 Å². The van der Waals surface area contributed by atoms with Gasteiger partial charge in [0, 0.05) is 17.7 Å². The summed E-state index contributed by atoms with van der Waals surface area (Å²) >= 11 is 0.723. The number of aromatic nitrogens is 1. The standard InChI is InChI=1S/C18H20F3N3O3S/c1-17(2,3)13-7-11(18(19,20)21)10(8-22)15(23-13)28-9-14(25)24-6-4-5-12(24)16(26)27/h7,12H,4-6,9H2,1-3H3,(H,26,27). The molecule has 0 saturated carbocycles. The summed E-state index contributed by atoms with van der Waals surface area (Å²) in [5, 5.41) is 18.3. The molecule has 28 heavy (non-hydrogen) atoms. The molecule has 0 radical (unpaired) electrons. The average Bonchev–Trinajstić information content (AvgIpc) is 3.07. The minimum absolute atomic E-state index is 0.151. The number of thioether (sulfide) groups is 1. The van der Waals surface area contributed by atoms with Crippen molar-refractivity contribution in [2.75, 3.05) is 12.3 Å². The molecule has 1 aromatic heterocycles. The van der Waals surface area contributed by atoms with Crippen molar-refractivity contribution in [1.82, 2.24) is 9.88 Å². The molecule has 1 amide bonds. The molecule has 1 aliphatic rings. The number of hydrogen-bond donors (Lipinski definition) is 1. The molecule has 1 N–H and O–H groups in total. The van der Waals surface area contributed by atoms with Gasteiger partial charge in [0.05, 0.1) is 16.9 Å². The zero-order valence-corrected chi connectivity index (χ0v) is 16.4. The van der Waals surface area contributed by atoms with E-state index in [9.17, 15) is 33.1 Å². The highest BCUT2D eigenvalue weighted by molar-refractivity contribution is 8.00. The molecule has 1 unspecified atom stereocenters. The van der Waals surface area contributed by atoms with E-state index in [2.05, 4.69) is 4.98 Å². The summed E-state index contributed by atoms with van der Waals surface area (Å²) in [5.74, 6) is -1.91. The lowest BCUT2D eigenvalue weighted by molar-refractivity contribution is -0.147. The summed E-state index contributed by atoms with van der Waals surface area (Å²) < 4.78 is 40.3. The summed E-state index contributed by atoms with van der Waals surface area (Å²) in [6.07, 6.45) is -3.85. The fourth-order valence-corrected chi connectivity index (χ4v) is 3.77. The van der Waals surface area contributed by atoms with Crippen molar-refractivity contribution in [3.63, 3.8) is 0 Å². The molecule has 0 spiro atoms. The van der Waals surface area contributed by atoms with E-state index in [0.717, 1.165) is 17.8 Å². The number of carboxylic acid groups (broad SMARTS) is 1. The zero-order chi connectivity index (χ0) is 21.3. The second-order valence-electron chi connectivity index (χ2n) is 7.47. The number of alkyl halides is 3. The zero-order valence-electron chi connectivity index (χ0n) is 15.6. The average molecular weight is 415 g/mol. The first-order chi connectivity index (χ1) is 12.9. The Morgan fingerprint density at radius 2 is 2.04 bits per heavy atom. The minimum atomic E-state index is -4.74. The number of rotatable bonds is 4. The van der Waals surface area contributed by atoms with Crippen molar-refractivity contribution in [2.24, 2.45) is 0 Å². The van der Waals surface area contributed by atoms with Gasteiger partial charge in [-0.25, -0.2) is 9.78 Å². The highest BCUT2D eigenvalue weighted by atomic mass is 32.2. The number of carbonyl (C=O) groups excluding carboxylic acids is 1. The van der Waals surface area contributed by atoms with Gasteiger partial charge in [-0.2, -0.15) is 18.4 Å². The molecule has 1 aliphatic heterocycles. The van der Waals surface area contributed by atoms with E-state index in [1.807, 2.05) is 0 Å². The number of carbonyl (C=O) groups is 2. The lowest BCUT2D eigenvalue weighted by atomic mass is 9.90. The largest absolute Gasteiger partial charge is 0.480 e. The van der Waals surface area contributed by atoms with E-state index in [4.69, 9.17) is 0 Å². The van der Waals surface area contributed by atoms with Crippen LogP contribution in [0, 0.1) is 11.3 Å². The molecule has 0 bridgehead atoms. The first-order valence-electron chi connectivity index (χ1n) is 8.54. The molecular weight excluding hydrogens is 395 g/mol. The fraction of sp³-hybridized carbons (Fsp3) is 0.556. The number of carboxylic acids is 1. The van der Waals surface area contributed by atoms with Crippen LogP contribution in [0.15, 0.2) is 11.1 Å². The van der Waals surface area contributed by atoms with Crippen LogP contribution < -0.4 is 0 Å². The Morgan fingerprint density at radius 3 is 2.54 bits per heavy atom. The maximum absolute atomic E-state index is 13.4. The van der Waals surface area contributed by atoms with Crippen LogP contribution in [0.1, 0.15) is 50.4 Å². The smallest absolute Gasteiger partial charge is 0.417 e. The van der Waals surface area contributed by atoms with Gasteiger partial charge in [0.1, 0.15) is 17.1 Å². The quantitative estimate of drug-likeness (QED) is 0.757. The Hall–Kier alpha value is -2.28. The van der Waals surface area contributed by atoms with Gasteiger partial charge in [-0.15, -0.1) is 0 Å². The van der Waals surface area contributed by atoms with Crippen LogP contribution >= 0.6 is 11.8 Å². The fourth-order valence-electron chi connectivity index (χ4n) is 2.88. The summed E-state index contributed by atoms with van der Waals surface area (Å²) in [6, 6.07) is 1.49. The van der Waals surface area contributed by atoms with Crippen LogP contribution in [0.5, 0.6) is 0 Å². The Labute approximate surface area is 164 Å². The molecular formula is C18H20F3N3O3S. The number of aliphatic carboxylic acids is 1. The number of halogens is 3. The summed E-state index contributed by atoms with van der Waals surface area (Å²) in [4.78, 5) is 29.0. The van der Waals surface area contributed by atoms with Crippen molar-refractivity contribution in [2.45, 2.75) is 56.3 Å².